The summed E-state index contributed by atoms with van der Waals surface area (Å²) in [5.74, 6) is 0.926. The van der Waals surface area contributed by atoms with Crippen molar-refractivity contribution in [1.29, 1.82) is 0 Å². The Bertz CT molecular complexity index is 733. The molecule has 3 aromatic rings. The van der Waals surface area contributed by atoms with E-state index < -0.39 is 0 Å². The van der Waals surface area contributed by atoms with Gasteiger partial charge in [-0.3, -0.25) is 0 Å². The molecule has 4 nitrogen and oxygen atoms in total. The number of fused-ring (bicyclic) bond motifs is 1. The summed E-state index contributed by atoms with van der Waals surface area (Å²) < 4.78 is 7.45. The van der Waals surface area contributed by atoms with Crippen molar-refractivity contribution in [1.82, 2.24) is 9.55 Å². The number of aromatic nitrogens is 2. The number of hydrogen-bond donors (Lipinski definition) is 1. The van der Waals surface area contributed by atoms with E-state index in [0.29, 0.717) is 6.54 Å². The maximum absolute atomic E-state index is 5.72. The topological polar surface area (TPSA) is 57.0 Å². The predicted octanol–water partition coefficient (Wildman–Crippen LogP) is 3.51. The Balaban J connectivity index is 2.33. The minimum absolute atomic E-state index is 0.0639. The van der Waals surface area contributed by atoms with Gasteiger partial charge in [-0.05, 0) is 44.5 Å². The molecule has 3 rings (SSSR count). The minimum Gasteiger partial charge on any atom is -0.472 e. The summed E-state index contributed by atoms with van der Waals surface area (Å²) >= 11 is 0. The number of nitrogens with zero attached hydrogens (tertiary/aromatic N) is 2. The summed E-state index contributed by atoms with van der Waals surface area (Å²) in [6.07, 6.45) is 3.40. The first-order valence-electron chi connectivity index (χ1n) is 6.75. The lowest BCUT2D eigenvalue weighted by atomic mass is 10.1. The number of furan rings is 1. The van der Waals surface area contributed by atoms with Crippen molar-refractivity contribution in [2.24, 2.45) is 5.73 Å². The average Bonchev–Trinajstić information content (AvgIpc) is 3.03. The highest BCUT2D eigenvalue weighted by Gasteiger charge is 2.22. The van der Waals surface area contributed by atoms with Gasteiger partial charge in [-0.15, -0.1) is 0 Å². The Morgan fingerprint density at radius 1 is 1.25 bits per heavy atom. The normalized spacial score (nSPS) is 12.2. The summed E-state index contributed by atoms with van der Waals surface area (Å²) in [7, 11) is 0. The Morgan fingerprint density at radius 2 is 2.05 bits per heavy atom. The molecule has 0 aliphatic carbocycles. The summed E-state index contributed by atoms with van der Waals surface area (Å²) in [5, 5.41) is 0. The van der Waals surface area contributed by atoms with Crippen LogP contribution in [0.3, 0.4) is 0 Å². The third kappa shape index (κ3) is 2.02. The van der Waals surface area contributed by atoms with Crippen LogP contribution in [-0.2, 0) is 12.1 Å². The highest BCUT2D eigenvalue weighted by molar-refractivity contribution is 5.81. The molecule has 1 aromatic carbocycles. The molecule has 2 aromatic heterocycles. The van der Waals surface area contributed by atoms with Gasteiger partial charge < -0.3 is 14.7 Å². The molecule has 0 saturated carbocycles. The Labute approximate surface area is 118 Å². The van der Waals surface area contributed by atoms with Crippen LogP contribution in [0.25, 0.3) is 22.4 Å². The molecule has 20 heavy (non-hydrogen) atoms. The van der Waals surface area contributed by atoms with Gasteiger partial charge in [-0.2, -0.15) is 0 Å². The number of rotatable bonds is 2. The van der Waals surface area contributed by atoms with E-state index in [1.807, 2.05) is 6.07 Å². The molecule has 104 valence electrons. The van der Waals surface area contributed by atoms with E-state index in [4.69, 9.17) is 15.1 Å². The van der Waals surface area contributed by atoms with Crippen LogP contribution < -0.4 is 5.73 Å². The van der Waals surface area contributed by atoms with Crippen LogP contribution in [0, 0.1) is 0 Å². The Hall–Kier alpha value is -2.07. The zero-order valence-corrected chi connectivity index (χ0v) is 12.1. The maximum Gasteiger partial charge on any atom is 0.144 e. The highest BCUT2D eigenvalue weighted by atomic mass is 16.3. The van der Waals surface area contributed by atoms with Crippen molar-refractivity contribution >= 4 is 11.0 Å². The molecule has 2 heterocycles. The maximum atomic E-state index is 5.72. The molecular weight excluding hydrogens is 250 g/mol. The van der Waals surface area contributed by atoms with Crippen molar-refractivity contribution < 1.29 is 4.42 Å². The van der Waals surface area contributed by atoms with Crippen LogP contribution >= 0.6 is 0 Å². The van der Waals surface area contributed by atoms with Crippen molar-refractivity contribution in [3.63, 3.8) is 0 Å². The zero-order chi connectivity index (χ0) is 14.3. The predicted molar refractivity (Wildman–Crippen MR) is 80.3 cm³/mol. The number of benzene rings is 1. The SMILES string of the molecule is CC(C)(C)n1c(-c2ccoc2)nc2cc(CN)ccc21. The van der Waals surface area contributed by atoms with Crippen LogP contribution in [0.4, 0.5) is 0 Å². The molecule has 0 unspecified atom stereocenters. The third-order valence-electron chi connectivity index (χ3n) is 3.40. The number of imidazole rings is 1. The van der Waals surface area contributed by atoms with Crippen LogP contribution in [0.1, 0.15) is 26.3 Å². The Kier molecular flexibility index (Phi) is 2.91. The van der Waals surface area contributed by atoms with E-state index in [1.54, 1.807) is 12.5 Å². The first kappa shape index (κ1) is 12.9. The van der Waals surface area contributed by atoms with Gasteiger partial charge in [-0.1, -0.05) is 6.07 Å². The van der Waals surface area contributed by atoms with Crippen LogP contribution in [0.5, 0.6) is 0 Å². The zero-order valence-electron chi connectivity index (χ0n) is 12.1. The van der Waals surface area contributed by atoms with Crippen molar-refractivity contribution in [2.75, 3.05) is 0 Å². The van der Waals surface area contributed by atoms with Gasteiger partial charge in [0.1, 0.15) is 12.1 Å². The largest absolute Gasteiger partial charge is 0.472 e. The van der Waals surface area contributed by atoms with E-state index in [9.17, 15) is 0 Å². The minimum atomic E-state index is -0.0639. The standard InChI is InChI=1S/C16H19N3O/c1-16(2,3)19-14-5-4-11(9-17)8-13(14)18-15(19)12-6-7-20-10-12/h4-8,10H,9,17H2,1-3H3. The fourth-order valence-electron chi connectivity index (χ4n) is 2.52. The van der Waals surface area contributed by atoms with Crippen molar-refractivity contribution in [3.05, 3.63) is 42.4 Å². The van der Waals surface area contributed by atoms with Gasteiger partial charge in [0.2, 0.25) is 0 Å². The quantitative estimate of drug-likeness (QED) is 0.774. The fraction of sp³-hybridized carbons (Fsp3) is 0.312. The lowest BCUT2D eigenvalue weighted by molar-refractivity contribution is 0.413. The van der Waals surface area contributed by atoms with E-state index in [-0.39, 0.29) is 5.54 Å². The Morgan fingerprint density at radius 3 is 2.65 bits per heavy atom. The van der Waals surface area contributed by atoms with Crippen LogP contribution in [0.15, 0.2) is 41.2 Å². The molecule has 0 fully saturated rings. The average molecular weight is 269 g/mol. The lowest BCUT2D eigenvalue weighted by Crippen LogP contribution is -2.22. The summed E-state index contributed by atoms with van der Waals surface area (Å²) in [4.78, 5) is 4.78. The van der Waals surface area contributed by atoms with E-state index in [2.05, 4.69) is 43.5 Å². The van der Waals surface area contributed by atoms with Crippen LogP contribution in [0.2, 0.25) is 0 Å². The molecule has 0 bridgehead atoms. The second kappa shape index (κ2) is 4.49. The van der Waals surface area contributed by atoms with E-state index >= 15 is 0 Å². The summed E-state index contributed by atoms with van der Waals surface area (Å²) in [6.45, 7) is 7.05. The van der Waals surface area contributed by atoms with Gasteiger partial charge in [0.15, 0.2) is 0 Å². The molecule has 0 radical (unpaired) electrons. The monoisotopic (exact) mass is 269 g/mol. The molecular formula is C16H19N3O. The van der Waals surface area contributed by atoms with Crippen molar-refractivity contribution in [3.8, 4) is 11.4 Å². The van der Waals surface area contributed by atoms with Gasteiger partial charge >= 0.3 is 0 Å². The molecule has 0 spiro atoms. The first-order chi connectivity index (χ1) is 9.50. The van der Waals surface area contributed by atoms with Gasteiger partial charge in [-0.25, -0.2) is 4.98 Å². The molecule has 0 saturated heterocycles. The smallest absolute Gasteiger partial charge is 0.144 e. The molecule has 0 atom stereocenters. The fourth-order valence-corrected chi connectivity index (χ4v) is 2.52. The molecule has 4 heteroatoms. The first-order valence-corrected chi connectivity index (χ1v) is 6.75. The van der Waals surface area contributed by atoms with E-state index in [1.165, 1.54) is 0 Å². The summed E-state index contributed by atoms with van der Waals surface area (Å²) in [6, 6.07) is 8.15. The number of nitrogens with two attached hydrogens (primary N) is 1. The van der Waals surface area contributed by atoms with Gasteiger partial charge in [0.05, 0.1) is 22.9 Å². The second-order valence-electron chi connectivity index (χ2n) is 5.98. The van der Waals surface area contributed by atoms with Crippen molar-refractivity contribution in [2.45, 2.75) is 32.9 Å². The highest BCUT2D eigenvalue weighted by Crippen LogP contribution is 2.31. The molecule has 0 aliphatic rings. The van der Waals surface area contributed by atoms with Gasteiger partial charge in [0.25, 0.3) is 0 Å². The molecule has 0 aliphatic heterocycles. The molecule has 0 amide bonds. The van der Waals surface area contributed by atoms with E-state index in [0.717, 1.165) is 28.0 Å². The lowest BCUT2D eigenvalue weighted by Gasteiger charge is -2.24. The van der Waals surface area contributed by atoms with Crippen LogP contribution in [-0.4, -0.2) is 9.55 Å². The summed E-state index contributed by atoms with van der Waals surface area (Å²) in [5.41, 5.74) is 9.82. The third-order valence-corrected chi connectivity index (χ3v) is 3.40. The molecule has 2 N–H and O–H groups in total. The second-order valence-corrected chi connectivity index (χ2v) is 5.98. The van der Waals surface area contributed by atoms with Gasteiger partial charge in [0, 0.05) is 12.1 Å². The number of hydrogen-bond acceptors (Lipinski definition) is 3.